The quantitative estimate of drug-likeness (QED) is 0.713. The van der Waals surface area contributed by atoms with Gasteiger partial charge in [-0.3, -0.25) is 9.59 Å². The third-order valence-corrected chi connectivity index (χ3v) is 5.77. The molecule has 0 radical (unpaired) electrons. The van der Waals surface area contributed by atoms with E-state index in [1.54, 1.807) is 11.9 Å². The molecule has 0 bridgehead atoms. The fraction of sp³-hybridized carbons (Fsp3) is 0.722. The number of allylic oxidation sites excluding steroid dienone is 1. The number of carbonyl (C=O) groups is 3. The van der Waals surface area contributed by atoms with E-state index in [0.717, 1.165) is 25.7 Å². The first-order valence-electron chi connectivity index (χ1n) is 8.93. The number of aliphatic carboxylic acids is 1. The van der Waals surface area contributed by atoms with E-state index in [1.165, 1.54) is 0 Å². The first-order chi connectivity index (χ1) is 11.5. The van der Waals surface area contributed by atoms with Crippen LogP contribution < -0.4 is 5.32 Å². The second kappa shape index (κ2) is 6.57. The summed E-state index contributed by atoms with van der Waals surface area (Å²) in [6, 6.07) is 0. The Morgan fingerprint density at radius 3 is 2.75 bits per heavy atom. The highest BCUT2D eigenvalue weighted by Crippen LogP contribution is 2.46. The van der Waals surface area contributed by atoms with Gasteiger partial charge < -0.3 is 15.3 Å². The third-order valence-electron chi connectivity index (χ3n) is 5.77. The fourth-order valence-electron chi connectivity index (χ4n) is 4.11. The second-order valence-electron chi connectivity index (χ2n) is 7.40. The molecule has 4 atom stereocenters. The molecule has 1 heterocycles. The zero-order valence-corrected chi connectivity index (χ0v) is 14.2. The van der Waals surface area contributed by atoms with Crippen LogP contribution in [0, 0.1) is 17.8 Å². The van der Waals surface area contributed by atoms with Gasteiger partial charge >= 0.3 is 5.97 Å². The normalized spacial score (nSPS) is 37.2. The van der Waals surface area contributed by atoms with E-state index in [9.17, 15) is 19.5 Å². The number of rotatable bonds is 1. The van der Waals surface area contributed by atoms with E-state index >= 15 is 0 Å². The lowest BCUT2D eigenvalue weighted by atomic mass is 9.93. The molecule has 2 aliphatic carbocycles. The van der Waals surface area contributed by atoms with Gasteiger partial charge in [-0.15, -0.1) is 0 Å². The molecule has 0 saturated heterocycles. The molecule has 2 saturated carbocycles. The highest BCUT2D eigenvalue weighted by atomic mass is 16.4. The van der Waals surface area contributed by atoms with E-state index < -0.39 is 17.4 Å². The van der Waals surface area contributed by atoms with Crippen LogP contribution in [0.15, 0.2) is 12.2 Å². The molecule has 24 heavy (non-hydrogen) atoms. The van der Waals surface area contributed by atoms with Crippen molar-refractivity contribution in [2.45, 2.75) is 50.5 Å². The number of nitrogens with one attached hydrogen (secondary N) is 1. The molecular formula is C18H26N2O4. The van der Waals surface area contributed by atoms with Crippen molar-refractivity contribution in [1.82, 2.24) is 10.2 Å². The van der Waals surface area contributed by atoms with E-state index in [4.69, 9.17) is 0 Å². The second-order valence-corrected chi connectivity index (χ2v) is 7.40. The summed E-state index contributed by atoms with van der Waals surface area (Å²) >= 11 is 0. The minimum Gasteiger partial charge on any atom is -0.479 e. The van der Waals surface area contributed by atoms with Crippen molar-refractivity contribution in [3.8, 4) is 0 Å². The van der Waals surface area contributed by atoms with Crippen molar-refractivity contribution in [2.75, 3.05) is 13.6 Å². The van der Waals surface area contributed by atoms with Crippen molar-refractivity contribution in [2.24, 2.45) is 17.8 Å². The van der Waals surface area contributed by atoms with Gasteiger partial charge in [-0.05, 0) is 38.5 Å². The van der Waals surface area contributed by atoms with Gasteiger partial charge in [0, 0.05) is 31.3 Å². The molecule has 3 aliphatic rings. The molecule has 3 rings (SSSR count). The van der Waals surface area contributed by atoms with Crippen LogP contribution in [0.1, 0.15) is 44.9 Å². The predicted molar refractivity (Wildman–Crippen MR) is 88.1 cm³/mol. The Labute approximate surface area is 142 Å². The summed E-state index contributed by atoms with van der Waals surface area (Å²) < 4.78 is 0. The fourth-order valence-corrected chi connectivity index (χ4v) is 4.11. The maximum Gasteiger partial charge on any atom is 0.330 e. The minimum atomic E-state index is -1.17. The highest BCUT2D eigenvalue weighted by molar-refractivity contribution is 5.94. The van der Waals surface area contributed by atoms with Gasteiger partial charge in [-0.1, -0.05) is 18.6 Å². The van der Waals surface area contributed by atoms with Crippen molar-refractivity contribution < 1.29 is 19.5 Å². The summed E-state index contributed by atoms with van der Waals surface area (Å²) in [5.41, 5.74) is -1.17. The summed E-state index contributed by atoms with van der Waals surface area (Å²) in [7, 11) is 1.80. The molecule has 1 aliphatic heterocycles. The van der Waals surface area contributed by atoms with Crippen molar-refractivity contribution >= 4 is 17.8 Å². The predicted octanol–water partition coefficient (Wildman–Crippen LogP) is 1.56. The lowest BCUT2D eigenvalue weighted by Gasteiger charge is -2.26. The van der Waals surface area contributed by atoms with Crippen molar-refractivity contribution in [3.63, 3.8) is 0 Å². The molecule has 6 heteroatoms. The standard InChI is InChI=1S/C18H26N2O4/c1-20-10-5-3-2-4-7-12-11-18(12,17(23)24)19-15(21)13-8-6-9-14(13)16(20)22/h4,7,12-14H,2-3,5-6,8-11H2,1H3,(H,19,21)(H,23,24)/t12?,13-,14?,18-/m1/s1. The largest absolute Gasteiger partial charge is 0.479 e. The first kappa shape index (κ1) is 17.0. The van der Waals surface area contributed by atoms with Gasteiger partial charge in [0.2, 0.25) is 11.8 Å². The Kier molecular flexibility index (Phi) is 4.65. The molecule has 2 amide bonds. The zero-order chi connectivity index (χ0) is 17.3. The molecule has 2 N–H and O–H groups in total. The average Bonchev–Trinajstić information content (AvgIpc) is 3.03. The zero-order valence-electron chi connectivity index (χ0n) is 14.2. The SMILES string of the molecule is CN1CCCCC=CC2C[C@@]2(C(=O)O)NC(=O)[C@@H]2CCCC2C1=O. The lowest BCUT2D eigenvalue weighted by Crippen LogP contribution is -2.49. The van der Waals surface area contributed by atoms with Crippen LogP contribution in [-0.4, -0.2) is 46.9 Å². The maximum absolute atomic E-state index is 12.7. The van der Waals surface area contributed by atoms with Crippen LogP contribution in [0.25, 0.3) is 0 Å². The summed E-state index contributed by atoms with van der Waals surface area (Å²) in [4.78, 5) is 38.8. The topological polar surface area (TPSA) is 86.7 Å². The number of carboxylic acids is 1. The van der Waals surface area contributed by atoms with Crippen LogP contribution >= 0.6 is 0 Å². The van der Waals surface area contributed by atoms with Gasteiger partial charge in [0.1, 0.15) is 5.54 Å². The van der Waals surface area contributed by atoms with Crippen molar-refractivity contribution in [1.29, 1.82) is 0 Å². The van der Waals surface area contributed by atoms with Gasteiger partial charge in [0.25, 0.3) is 0 Å². The van der Waals surface area contributed by atoms with E-state index in [1.807, 2.05) is 12.2 Å². The van der Waals surface area contributed by atoms with Crippen molar-refractivity contribution in [3.05, 3.63) is 12.2 Å². The molecule has 0 aromatic heterocycles. The Hall–Kier alpha value is -1.85. The first-order valence-corrected chi connectivity index (χ1v) is 8.93. The van der Waals surface area contributed by atoms with Crippen LogP contribution in [0.4, 0.5) is 0 Å². The number of carboxylic acid groups (broad SMARTS) is 1. The number of nitrogens with zero attached hydrogens (tertiary/aromatic N) is 1. The summed E-state index contributed by atoms with van der Waals surface area (Å²) in [5, 5.41) is 12.3. The van der Waals surface area contributed by atoms with Gasteiger partial charge in [-0.25, -0.2) is 4.79 Å². The molecule has 0 spiro atoms. The molecule has 0 aromatic carbocycles. The molecule has 132 valence electrons. The Morgan fingerprint density at radius 1 is 1.25 bits per heavy atom. The summed E-state index contributed by atoms with van der Waals surface area (Å²) in [5.74, 6) is -2.07. The average molecular weight is 334 g/mol. The van der Waals surface area contributed by atoms with Crippen LogP contribution in [0.3, 0.4) is 0 Å². The van der Waals surface area contributed by atoms with Gasteiger partial charge in [-0.2, -0.15) is 0 Å². The van der Waals surface area contributed by atoms with Crippen LogP contribution in [0.5, 0.6) is 0 Å². The number of hydrogen-bond acceptors (Lipinski definition) is 3. The van der Waals surface area contributed by atoms with Gasteiger partial charge in [0.05, 0.1) is 0 Å². The maximum atomic E-state index is 12.7. The molecule has 6 nitrogen and oxygen atoms in total. The molecule has 2 fully saturated rings. The van der Waals surface area contributed by atoms with E-state index in [-0.39, 0.29) is 23.7 Å². The number of fused-ring (bicyclic) bond motifs is 2. The monoisotopic (exact) mass is 334 g/mol. The molecular weight excluding hydrogens is 308 g/mol. The summed E-state index contributed by atoms with van der Waals surface area (Å²) in [6.07, 6.45) is 9.35. The highest BCUT2D eigenvalue weighted by Gasteiger charge is 2.61. The third kappa shape index (κ3) is 3.06. The smallest absolute Gasteiger partial charge is 0.330 e. The Bertz CT molecular complexity index is 573. The lowest BCUT2D eigenvalue weighted by molar-refractivity contribution is -0.145. The van der Waals surface area contributed by atoms with Crippen LogP contribution in [-0.2, 0) is 14.4 Å². The minimum absolute atomic E-state index is 0.0250. The van der Waals surface area contributed by atoms with E-state index in [0.29, 0.717) is 25.8 Å². The molecule has 0 aromatic rings. The number of amides is 2. The van der Waals surface area contributed by atoms with Crippen LogP contribution in [0.2, 0.25) is 0 Å². The Morgan fingerprint density at radius 2 is 2.00 bits per heavy atom. The van der Waals surface area contributed by atoms with Gasteiger partial charge in [0.15, 0.2) is 0 Å². The summed E-state index contributed by atoms with van der Waals surface area (Å²) in [6.45, 7) is 0.708. The Balaban J connectivity index is 1.82. The molecule has 2 unspecified atom stereocenters. The van der Waals surface area contributed by atoms with E-state index in [2.05, 4.69) is 5.32 Å². The number of carbonyl (C=O) groups excluding carboxylic acids is 2. The number of hydrogen-bond donors (Lipinski definition) is 2.